The molecule has 1 amide bonds. The van der Waals surface area contributed by atoms with Crippen molar-refractivity contribution < 1.29 is 27.4 Å². The summed E-state index contributed by atoms with van der Waals surface area (Å²) in [5.41, 5.74) is -0.564. The van der Waals surface area contributed by atoms with E-state index in [2.05, 4.69) is 15.3 Å². The maximum absolute atomic E-state index is 14.5. The molecule has 2 aromatic heterocycles. The lowest BCUT2D eigenvalue weighted by molar-refractivity contribution is -0.123. The number of nitrogens with zero attached hydrogens (tertiary/aromatic N) is 3. The summed E-state index contributed by atoms with van der Waals surface area (Å²) in [6.07, 6.45) is 0.346. The zero-order valence-corrected chi connectivity index (χ0v) is 19.9. The Kier molecular flexibility index (Phi) is 9.51. The maximum atomic E-state index is 14.5. The third-order valence-corrected chi connectivity index (χ3v) is 5.79. The number of hydrogen-bond acceptors (Lipinski definition) is 6. The number of amides is 1. The van der Waals surface area contributed by atoms with Crippen molar-refractivity contribution in [2.75, 3.05) is 31.6 Å². The zero-order valence-electron chi connectivity index (χ0n) is 18.2. The molecule has 2 heterocycles. The van der Waals surface area contributed by atoms with Gasteiger partial charge in [-0.15, -0.1) is 0 Å². The number of alkyl halides is 1. The summed E-state index contributed by atoms with van der Waals surface area (Å²) >= 11 is 6.13. The van der Waals surface area contributed by atoms with Crippen LogP contribution in [0.4, 0.5) is 14.7 Å². The van der Waals surface area contributed by atoms with Crippen LogP contribution in [0, 0.1) is 11.2 Å². The number of rotatable bonds is 11. The van der Waals surface area contributed by atoms with Crippen LogP contribution in [0.15, 0.2) is 6.20 Å². The first-order valence-electron chi connectivity index (χ1n) is 9.84. The fourth-order valence-electron chi connectivity index (χ4n) is 2.51. The maximum Gasteiger partial charge on any atom is 0.232 e. The largest absolute Gasteiger partial charge is 0.364 e. The predicted octanol–water partition coefficient (Wildman–Crippen LogP) is 4.91. The smallest absolute Gasteiger partial charge is 0.232 e. The molecule has 0 aromatic carbocycles. The molecule has 1 atom stereocenters. The first-order valence-corrected chi connectivity index (χ1v) is 11.6. The molecular weight excluding hydrogens is 453 g/mol. The highest BCUT2D eigenvalue weighted by Gasteiger charge is 2.24. The Morgan fingerprint density at radius 3 is 2.48 bits per heavy atom. The highest BCUT2D eigenvalue weighted by atomic mass is 35.5. The fourth-order valence-corrected chi connectivity index (χ4v) is 3.90. The van der Waals surface area contributed by atoms with E-state index in [-0.39, 0.29) is 40.9 Å². The molecule has 0 aliphatic carbocycles. The summed E-state index contributed by atoms with van der Waals surface area (Å²) in [6, 6.07) is 0. The van der Waals surface area contributed by atoms with Crippen molar-refractivity contribution in [1.82, 2.24) is 14.5 Å². The second-order valence-corrected chi connectivity index (χ2v) is 9.41. The first kappa shape index (κ1) is 25.8. The molecule has 1 unspecified atom stereocenters. The van der Waals surface area contributed by atoms with Crippen LogP contribution in [0.25, 0.3) is 11.0 Å². The number of carbonyl (C=O) groups is 1. The van der Waals surface area contributed by atoms with Gasteiger partial charge in [0.1, 0.15) is 29.9 Å². The van der Waals surface area contributed by atoms with Crippen LogP contribution in [0.5, 0.6) is 0 Å². The second kappa shape index (κ2) is 11.4. The monoisotopic (exact) mass is 480 g/mol. The summed E-state index contributed by atoms with van der Waals surface area (Å²) in [5, 5.41) is 2.40. The van der Waals surface area contributed by atoms with Crippen LogP contribution in [0.1, 0.15) is 34.6 Å². The van der Waals surface area contributed by atoms with E-state index in [1.807, 2.05) is 13.8 Å². The number of aromatic nitrogens is 3. The Hall–Kier alpha value is -1.45. The number of ether oxygens (including phenoxy) is 1. The number of halogens is 3. The van der Waals surface area contributed by atoms with Gasteiger partial charge in [0.05, 0.1) is 25.1 Å². The Bertz CT molecular complexity index is 888. The fraction of sp³-hybridized carbons (Fsp3) is 0.632. The standard InChI is InChI=1S/C19H28ClF2N4O4P/c1-6-29-31(30-7-2)11-28-12(8-21)9-26-10-13(22)14-15(20)23-18(24-16(14)26)25-17(27)19(3,4)5/h10,12H,6-9,11H2,1-5H3,(H,23,24,25,27). The van der Waals surface area contributed by atoms with E-state index < -0.39 is 32.4 Å². The number of nitrogens with one attached hydrogen (secondary N) is 1. The van der Waals surface area contributed by atoms with E-state index in [0.29, 0.717) is 13.2 Å². The van der Waals surface area contributed by atoms with E-state index in [9.17, 15) is 13.6 Å². The van der Waals surface area contributed by atoms with E-state index in [0.717, 1.165) is 6.20 Å². The molecule has 0 saturated carbocycles. The summed E-state index contributed by atoms with van der Waals surface area (Å²) in [6.45, 7) is 8.90. The Balaban J connectivity index is 2.24. The summed E-state index contributed by atoms with van der Waals surface area (Å²) in [7, 11) is -1.30. The van der Waals surface area contributed by atoms with Crippen LogP contribution in [-0.2, 0) is 25.1 Å². The van der Waals surface area contributed by atoms with Crippen molar-refractivity contribution in [2.45, 2.75) is 47.3 Å². The molecule has 0 radical (unpaired) electrons. The quantitative estimate of drug-likeness (QED) is 0.363. The van der Waals surface area contributed by atoms with E-state index in [1.165, 1.54) is 4.57 Å². The molecule has 0 fully saturated rings. The molecule has 2 rings (SSSR count). The van der Waals surface area contributed by atoms with E-state index in [4.69, 9.17) is 25.4 Å². The molecule has 0 aliphatic rings. The summed E-state index contributed by atoms with van der Waals surface area (Å²) in [5.74, 6) is -1.05. The lowest BCUT2D eigenvalue weighted by Crippen LogP contribution is -2.28. The SMILES string of the molecule is CCOP(COC(CF)Cn1cc(F)c2c(Cl)nc(NC(=O)C(C)(C)C)nc21)OCC. The third kappa shape index (κ3) is 7.02. The van der Waals surface area contributed by atoms with Gasteiger partial charge in [0.2, 0.25) is 11.9 Å². The lowest BCUT2D eigenvalue weighted by Gasteiger charge is -2.20. The van der Waals surface area contributed by atoms with Crippen molar-refractivity contribution in [2.24, 2.45) is 5.41 Å². The number of carbonyl (C=O) groups excluding carboxylic acids is 1. The van der Waals surface area contributed by atoms with Gasteiger partial charge in [-0.3, -0.25) is 10.1 Å². The Labute approximate surface area is 186 Å². The van der Waals surface area contributed by atoms with Crippen LogP contribution < -0.4 is 5.32 Å². The minimum absolute atomic E-state index is 0.0149. The van der Waals surface area contributed by atoms with Gasteiger partial charge in [-0.1, -0.05) is 32.4 Å². The number of fused-ring (bicyclic) bond motifs is 1. The van der Waals surface area contributed by atoms with Crippen molar-refractivity contribution in [3.8, 4) is 0 Å². The third-order valence-electron chi connectivity index (χ3n) is 4.07. The van der Waals surface area contributed by atoms with Gasteiger partial charge in [-0.25, -0.2) is 8.78 Å². The molecule has 31 heavy (non-hydrogen) atoms. The van der Waals surface area contributed by atoms with Gasteiger partial charge in [0.15, 0.2) is 14.2 Å². The van der Waals surface area contributed by atoms with Crippen LogP contribution in [0.2, 0.25) is 5.15 Å². The van der Waals surface area contributed by atoms with Crippen molar-refractivity contribution in [3.05, 3.63) is 17.2 Å². The molecule has 8 nitrogen and oxygen atoms in total. The van der Waals surface area contributed by atoms with Gasteiger partial charge < -0.3 is 18.4 Å². The van der Waals surface area contributed by atoms with E-state index >= 15 is 0 Å². The van der Waals surface area contributed by atoms with Crippen molar-refractivity contribution in [3.63, 3.8) is 0 Å². The number of hydrogen-bond donors (Lipinski definition) is 1. The first-order chi connectivity index (χ1) is 14.6. The van der Waals surface area contributed by atoms with Gasteiger partial charge in [0, 0.05) is 11.6 Å². The Morgan fingerprint density at radius 2 is 1.94 bits per heavy atom. The highest BCUT2D eigenvalue weighted by molar-refractivity contribution is 7.47. The number of anilines is 1. The van der Waals surface area contributed by atoms with Crippen molar-refractivity contribution >= 4 is 42.9 Å². The van der Waals surface area contributed by atoms with Crippen LogP contribution in [0.3, 0.4) is 0 Å². The molecule has 0 aliphatic heterocycles. The van der Waals surface area contributed by atoms with Gasteiger partial charge in [-0.05, 0) is 13.8 Å². The minimum Gasteiger partial charge on any atom is -0.364 e. The molecule has 0 saturated heterocycles. The topological polar surface area (TPSA) is 87.5 Å². The average molecular weight is 481 g/mol. The highest BCUT2D eigenvalue weighted by Crippen LogP contribution is 2.38. The summed E-state index contributed by atoms with van der Waals surface area (Å²) in [4.78, 5) is 20.4. The van der Waals surface area contributed by atoms with Crippen LogP contribution >= 0.6 is 20.0 Å². The van der Waals surface area contributed by atoms with Gasteiger partial charge >= 0.3 is 0 Å². The lowest BCUT2D eigenvalue weighted by atomic mass is 9.96. The van der Waals surface area contributed by atoms with Crippen molar-refractivity contribution in [1.29, 1.82) is 0 Å². The summed E-state index contributed by atoms with van der Waals surface area (Å²) < 4.78 is 46.0. The molecule has 174 valence electrons. The minimum atomic E-state index is -1.30. The zero-order chi connectivity index (χ0) is 23.2. The van der Waals surface area contributed by atoms with E-state index in [1.54, 1.807) is 20.8 Å². The molecule has 2 aromatic rings. The Morgan fingerprint density at radius 1 is 1.29 bits per heavy atom. The van der Waals surface area contributed by atoms with Gasteiger partial charge in [-0.2, -0.15) is 9.97 Å². The average Bonchev–Trinajstić information content (AvgIpc) is 3.00. The van der Waals surface area contributed by atoms with Gasteiger partial charge in [0.25, 0.3) is 0 Å². The molecule has 12 heteroatoms. The normalized spacial score (nSPS) is 13.2. The second-order valence-electron chi connectivity index (χ2n) is 7.61. The molecule has 0 bridgehead atoms. The molecule has 0 spiro atoms. The predicted molar refractivity (Wildman–Crippen MR) is 116 cm³/mol. The molecule has 1 N–H and O–H groups in total. The molecular formula is C19H28ClF2N4O4P. The van der Waals surface area contributed by atoms with Crippen LogP contribution in [-0.4, -0.2) is 52.8 Å².